The molecule has 0 saturated carbocycles. The van der Waals surface area contributed by atoms with E-state index in [4.69, 9.17) is 5.73 Å². The number of carbonyl (C=O) groups is 2. The smallest absolute Gasteiger partial charge is 0.328 e. The SMILES string of the molecule is CCC(C)(N)C(=O)NC(C)C(=O)OC. The molecule has 5 heteroatoms. The molecule has 2 atom stereocenters. The second-order valence-corrected chi connectivity index (χ2v) is 3.49. The molecule has 0 aliphatic heterocycles. The van der Waals surface area contributed by atoms with E-state index in [1.807, 2.05) is 6.92 Å². The lowest BCUT2D eigenvalue weighted by Gasteiger charge is -2.23. The number of hydrogen-bond acceptors (Lipinski definition) is 4. The summed E-state index contributed by atoms with van der Waals surface area (Å²) in [4.78, 5) is 22.5. The fourth-order valence-electron chi connectivity index (χ4n) is 0.758. The molecule has 0 aliphatic rings. The molecule has 82 valence electrons. The summed E-state index contributed by atoms with van der Waals surface area (Å²) in [6.45, 7) is 4.98. The maximum atomic E-state index is 11.5. The molecule has 1 amide bonds. The van der Waals surface area contributed by atoms with Crippen molar-refractivity contribution in [2.75, 3.05) is 7.11 Å². The summed E-state index contributed by atoms with van der Waals surface area (Å²) >= 11 is 0. The van der Waals surface area contributed by atoms with Crippen LogP contribution in [0.5, 0.6) is 0 Å². The van der Waals surface area contributed by atoms with Gasteiger partial charge in [0.1, 0.15) is 6.04 Å². The predicted octanol–water partition coefficient (Wildman–Crippen LogP) is -0.208. The van der Waals surface area contributed by atoms with E-state index >= 15 is 0 Å². The van der Waals surface area contributed by atoms with Crippen molar-refractivity contribution in [2.24, 2.45) is 5.73 Å². The summed E-state index contributed by atoms with van der Waals surface area (Å²) in [6.07, 6.45) is 0.507. The van der Waals surface area contributed by atoms with E-state index in [9.17, 15) is 9.59 Å². The van der Waals surface area contributed by atoms with E-state index in [2.05, 4.69) is 10.1 Å². The van der Waals surface area contributed by atoms with E-state index in [1.54, 1.807) is 13.8 Å². The molecular formula is C9H18N2O3. The molecule has 14 heavy (non-hydrogen) atoms. The number of amides is 1. The lowest BCUT2D eigenvalue weighted by Crippen LogP contribution is -2.54. The Hall–Kier alpha value is -1.10. The second-order valence-electron chi connectivity index (χ2n) is 3.49. The number of rotatable bonds is 4. The Bertz CT molecular complexity index is 226. The normalized spacial score (nSPS) is 16.6. The van der Waals surface area contributed by atoms with Crippen LogP contribution in [0.4, 0.5) is 0 Å². The van der Waals surface area contributed by atoms with Crippen LogP contribution >= 0.6 is 0 Å². The van der Waals surface area contributed by atoms with E-state index in [-0.39, 0.29) is 5.91 Å². The number of hydrogen-bond donors (Lipinski definition) is 2. The lowest BCUT2D eigenvalue weighted by atomic mass is 9.99. The summed E-state index contributed by atoms with van der Waals surface area (Å²) in [7, 11) is 1.27. The first kappa shape index (κ1) is 12.9. The highest BCUT2D eigenvalue weighted by Crippen LogP contribution is 2.04. The Morgan fingerprint density at radius 3 is 2.43 bits per heavy atom. The maximum absolute atomic E-state index is 11.5. The molecule has 0 bridgehead atoms. The van der Waals surface area contributed by atoms with Gasteiger partial charge in [-0.2, -0.15) is 0 Å². The van der Waals surface area contributed by atoms with Crippen LogP contribution in [0.3, 0.4) is 0 Å². The molecule has 0 aromatic heterocycles. The van der Waals surface area contributed by atoms with Gasteiger partial charge in [-0.15, -0.1) is 0 Å². The van der Waals surface area contributed by atoms with Crippen LogP contribution in [0, 0.1) is 0 Å². The molecule has 0 heterocycles. The van der Waals surface area contributed by atoms with E-state index < -0.39 is 17.6 Å². The molecule has 0 aromatic rings. The summed E-state index contributed by atoms with van der Waals surface area (Å²) < 4.78 is 4.46. The van der Waals surface area contributed by atoms with Crippen molar-refractivity contribution in [1.29, 1.82) is 0 Å². The van der Waals surface area contributed by atoms with Gasteiger partial charge in [0.2, 0.25) is 5.91 Å². The highest BCUT2D eigenvalue weighted by Gasteiger charge is 2.28. The van der Waals surface area contributed by atoms with Gasteiger partial charge >= 0.3 is 5.97 Å². The van der Waals surface area contributed by atoms with Gasteiger partial charge in [0.15, 0.2) is 0 Å². The Balaban J connectivity index is 4.26. The molecule has 0 aromatic carbocycles. The van der Waals surface area contributed by atoms with Gasteiger partial charge in [-0.3, -0.25) is 4.79 Å². The van der Waals surface area contributed by atoms with Gasteiger partial charge in [-0.25, -0.2) is 4.79 Å². The minimum atomic E-state index is -0.942. The van der Waals surface area contributed by atoms with Crippen LogP contribution in [0.15, 0.2) is 0 Å². The molecule has 2 unspecified atom stereocenters. The topological polar surface area (TPSA) is 81.4 Å². The fourth-order valence-corrected chi connectivity index (χ4v) is 0.758. The number of carbonyl (C=O) groups excluding carboxylic acids is 2. The third-order valence-electron chi connectivity index (χ3n) is 2.16. The highest BCUT2D eigenvalue weighted by molar-refractivity contribution is 5.89. The number of ether oxygens (including phenoxy) is 1. The molecule has 0 fully saturated rings. The van der Waals surface area contributed by atoms with Crippen LogP contribution in [0.1, 0.15) is 27.2 Å². The van der Waals surface area contributed by atoms with Crippen LogP contribution in [-0.2, 0) is 14.3 Å². The van der Waals surface area contributed by atoms with Gasteiger partial charge < -0.3 is 15.8 Å². The van der Waals surface area contributed by atoms with Crippen molar-refractivity contribution < 1.29 is 14.3 Å². The largest absolute Gasteiger partial charge is 0.467 e. The molecule has 0 saturated heterocycles. The minimum Gasteiger partial charge on any atom is -0.467 e. The molecule has 0 aliphatic carbocycles. The molecule has 0 spiro atoms. The van der Waals surface area contributed by atoms with Crippen molar-refractivity contribution in [3.63, 3.8) is 0 Å². The number of nitrogens with one attached hydrogen (secondary N) is 1. The van der Waals surface area contributed by atoms with Crippen LogP contribution < -0.4 is 11.1 Å². The lowest BCUT2D eigenvalue weighted by molar-refractivity contribution is -0.145. The Kier molecular flexibility index (Phi) is 4.56. The minimum absolute atomic E-state index is 0.349. The molecule has 0 radical (unpaired) electrons. The van der Waals surface area contributed by atoms with E-state index in [0.29, 0.717) is 6.42 Å². The molecule has 0 rings (SSSR count). The first-order valence-corrected chi connectivity index (χ1v) is 4.52. The van der Waals surface area contributed by atoms with Gasteiger partial charge in [0.25, 0.3) is 0 Å². The van der Waals surface area contributed by atoms with Crippen LogP contribution in [-0.4, -0.2) is 30.6 Å². The Morgan fingerprint density at radius 1 is 1.57 bits per heavy atom. The fraction of sp³-hybridized carbons (Fsp3) is 0.778. The highest BCUT2D eigenvalue weighted by atomic mass is 16.5. The Labute approximate surface area is 84.0 Å². The summed E-state index contributed by atoms with van der Waals surface area (Å²) in [5, 5.41) is 2.48. The number of nitrogens with two attached hydrogens (primary N) is 1. The van der Waals surface area contributed by atoms with Crippen molar-refractivity contribution in [3.05, 3.63) is 0 Å². The molecule has 5 nitrogen and oxygen atoms in total. The van der Waals surface area contributed by atoms with Crippen molar-refractivity contribution in [2.45, 2.75) is 38.8 Å². The van der Waals surface area contributed by atoms with Gasteiger partial charge in [-0.1, -0.05) is 6.92 Å². The van der Waals surface area contributed by atoms with Crippen molar-refractivity contribution >= 4 is 11.9 Å². The Morgan fingerprint density at radius 2 is 2.07 bits per heavy atom. The van der Waals surface area contributed by atoms with Gasteiger partial charge in [0, 0.05) is 0 Å². The van der Waals surface area contributed by atoms with Crippen LogP contribution in [0.25, 0.3) is 0 Å². The number of esters is 1. The molecular weight excluding hydrogens is 184 g/mol. The third-order valence-corrected chi connectivity index (χ3v) is 2.16. The van der Waals surface area contributed by atoms with E-state index in [0.717, 1.165) is 0 Å². The maximum Gasteiger partial charge on any atom is 0.328 e. The first-order chi connectivity index (χ1) is 6.35. The zero-order valence-electron chi connectivity index (χ0n) is 9.09. The summed E-state index contributed by atoms with van der Waals surface area (Å²) in [6, 6.07) is -0.665. The van der Waals surface area contributed by atoms with Gasteiger partial charge in [-0.05, 0) is 20.3 Å². The average Bonchev–Trinajstić information content (AvgIpc) is 2.16. The summed E-state index contributed by atoms with van der Waals surface area (Å²) in [5.41, 5.74) is 4.74. The van der Waals surface area contributed by atoms with Crippen LogP contribution in [0.2, 0.25) is 0 Å². The average molecular weight is 202 g/mol. The standard InChI is InChI=1S/C9H18N2O3/c1-5-9(3,10)8(13)11-6(2)7(12)14-4/h6H,5,10H2,1-4H3,(H,11,13). The zero-order valence-corrected chi connectivity index (χ0v) is 9.09. The molecule has 3 N–H and O–H groups in total. The van der Waals surface area contributed by atoms with Crippen molar-refractivity contribution in [1.82, 2.24) is 5.32 Å². The zero-order chi connectivity index (χ0) is 11.4. The predicted molar refractivity (Wildman–Crippen MR) is 52.5 cm³/mol. The third kappa shape index (κ3) is 3.33. The number of methoxy groups -OCH3 is 1. The summed E-state index contributed by atoms with van der Waals surface area (Å²) in [5.74, 6) is -0.830. The van der Waals surface area contributed by atoms with Gasteiger partial charge in [0.05, 0.1) is 12.6 Å². The monoisotopic (exact) mass is 202 g/mol. The van der Waals surface area contributed by atoms with E-state index in [1.165, 1.54) is 7.11 Å². The second kappa shape index (κ2) is 4.95. The van der Waals surface area contributed by atoms with Crippen molar-refractivity contribution in [3.8, 4) is 0 Å². The quantitative estimate of drug-likeness (QED) is 0.618. The first-order valence-electron chi connectivity index (χ1n) is 4.52.